The van der Waals surface area contributed by atoms with Crippen LogP contribution >= 0.6 is 0 Å². The summed E-state index contributed by atoms with van der Waals surface area (Å²) in [7, 11) is 0. The molecule has 2 aromatic carbocycles. The summed E-state index contributed by atoms with van der Waals surface area (Å²) in [5, 5.41) is 6.26. The molecule has 0 aliphatic rings. The third kappa shape index (κ3) is 4.23. The van der Waals surface area contributed by atoms with Gasteiger partial charge in [0, 0.05) is 24.1 Å². The second kappa shape index (κ2) is 7.62. The normalized spacial score (nSPS) is 10.3. The van der Waals surface area contributed by atoms with Gasteiger partial charge in [0.05, 0.1) is 0 Å². The minimum atomic E-state index is -0.187. The van der Waals surface area contributed by atoms with Gasteiger partial charge in [-0.1, -0.05) is 42.5 Å². The molecule has 0 radical (unpaired) electrons. The Morgan fingerprint density at radius 1 is 1.00 bits per heavy atom. The Labute approximate surface area is 147 Å². The maximum atomic E-state index is 12.3. The highest BCUT2D eigenvalue weighted by molar-refractivity contribution is 5.93. The first-order valence-corrected chi connectivity index (χ1v) is 8.25. The van der Waals surface area contributed by atoms with Crippen LogP contribution in [0.3, 0.4) is 0 Å². The van der Waals surface area contributed by atoms with Crippen molar-refractivity contribution < 1.29 is 4.79 Å². The van der Waals surface area contributed by atoms with Crippen molar-refractivity contribution in [1.82, 2.24) is 10.3 Å². The molecule has 1 heterocycles. The smallest absolute Gasteiger partial charge is 0.270 e. The third-order valence-corrected chi connectivity index (χ3v) is 4.17. The van der Waals surface area contributed by atoms with Gasteiger partial charge in [-0.25, -0.2) is 0 Å². The van der Waals surface area contributed by atoms with E-state index in [1.54, 1.807) is 12.3 Å². The molecule has 4 nitrogen and oxygen atoms in total. The Bertz CT molecular complexity index is 875. The van der Waals surface area contributed by atoms with E-state index in [2.05, 4.69) is 35.5 Å². The minimum Gasteiger partial charge on any atom is -0.355 e. The molecule has 1 aromatic heterocycles. The van der Waals surface area contributed by atoms with Gasteiger partial charge in [0.15, 0.2) is 0 Å². The van der Waals surface area contributed by atoms with Gasteiger partial charge in [-0.15, -0.1) is 0 Å². The van der Waals surface area contributed by atoms with E-state index in [1.165, 1.54) is 11.1 Å². The van der Waals surface area contributed by atoms with Crippen LogP contribution in [0.4, 0.5) is 11.4 Å². The molecule has 0 unspecified atom stereocenters. The second-order valence-corrected chi connectivity index (χ2v) is 5.97. The molecular formula is C21H21N3O. The molecule has 3 rings (SSSR count). The van der Waals surface area contributed by atoms with E-state index in [0.717, 1.165) is 16.9 Å². The van der Waals surface area contributed by atoms with Crippen LogP contribution in [0.25, 0.3) is 0 Å². The Morgan fingerprint density at radius 3 is 2.60 bits per heavy atom. The van der Waals surface area contributed by atoms with Crippen LogP contribution in [0.1, 0.15) is 27.2 Å². The van der Waals surface area contributed by atoms with Crippen molar-refractivity contribution in [2.75, 3.05) is 5.32 Å². The number of hydrogen-bond donors (Lipinski definition) is 2. The van der Waals surface area contributed by atoms with E-state index in [0.29, 0.717) is 12.2 Å². The quantitative estimate of drug-likeness (QED) is 0.730. The van der Waals surface area contributed by atoms with Crippen LogP contribution in [0.2, 0.25) is 0 Å². The van der Waals surface area contributed by atoms with Crippen LogP contribution in [0.5, 0.6) is 0 Å². The lowest BCUT2D eigenvalue weighted by Crippen LogP contribution is -2.23. The number of aryl methyl sites for hydroxylation is 1. The summed E-state index contributed by atoms with van der Waals surface area (Å²) in [4.78, 5) is 16.5. The number of aromatic nitrogens is 1. The van der Waals surface area contributed by atoms with Crippen molar-refractivity contribution in [3.8, 4) is 0 Å². The van der Waals surface area contributed by atoms with Gasteiger partial charge < -0.3 is 10.6 Å². The topological polar surface area (TPSA) is 54.0 Å². The second-order valence-electron chi connectivity index (χ2n) is 5.97. The molecule has 0 saturated carbocycles. The summed E-state index contributed by atoms with van der Waals surface area (Å²) in [6.45, 7) is 4.64. The van der Waals surface area contributed by atoms with E-state index < -0.39 is 0 Å². The molecule has 25 heavy (non-hydrogen) atoms. The molecule has 0 bridgehead atoms. The number of anilines is 2. The van der Waals surface area contributed by atoms with Crippen LogP contribution in [-0.2, 0) is 6.54 Å². The minimum absolute atomic E-state index is 0.187. The number of rotatable bonds is 5. The average molecular weight is 331 g/mol. The fourth-order valence-electron chi connectivity index (χ4n) is 2.54. The number of nitrogens with one attached hydrogen (secondary N) is 2. The summed E-state index contributed by atoms with van der Waals surface area (Å²) in [6.07, 6.45) is 1.64. The van der Waals surface area contributed by atoms with Gasteiger partial charge in [0.1, 0.15) is 5.69 Å². The van der Waals surface area contributed by atoms with E-state index in [4.69, 9.17) is 0 Å². The van der Waals surface area contributed by atoms with Gasteiger partial charge >= 0.3 is 0 Å². The number of carbonyl (C=O) groups excluding carboxylic acids is 1. The Morgan fingerprint density at radius 2 is 1.80 bits per heavy atom. The number of pyridine rings is 1. The maximum absolute atomic E-state index is 12.3. The fraction of sp³-hybridized carbons (Fsp3) is 0.143. The van der Waals surface area contributed by atoms with Crippen LogP contribution in [0.15, 0.2) is 66.9 Å². The molecule has 0 atom stereocenters. The highest BCUT2D eigenvalue weighted by atomic mass is 16.1. The molecule has 3 aromatic rings. The maximum Gasteiger partial charge on any atom is 0.270 e. The van der Waals surface area contributed by atoms with Gasteiger partial charge in [-0.3, -0.25) is 9.78 Å². The van der Waals surface area contributed by atoms with Crippen LogP contribution in [0, 0.1) is 13.8 Å². The number of carbonyl (C=O) groups is 1. The van der Waals surface area contributed by atoms with Crippen molar-refractivity contribution in [3.05, 3.63) is 89.2 Å². The van der Waals surface area contributed by atoms with Crippen molar-refractivity contribution in [3.63, 3.8) is 0 Å². The van der Waals surface area contributed by atoms with Crippen LogP contribution < -0.4 is 10.6 Å². The van der Waals surface area contributed by atoms with E-state index in [1.807, 2.05) is 48.5 Å². The first-order chi connectivity index (χ1) is 12.1. The Hall–Kier alpha value is -3.14. The fourth-order valence-corrected chi connectivity index (χ4v) is 2.54. The number of benzene rings is 2. The molecule has 4 heteroatoms. The summed E-state index contributed by atoms with van der Waals surface area (Å²) >= 11 is 0. The highest BCUT2D eigenvalue weighted by Crippen LogP contribution is 2.22. The van der Waals surface area contributed by atoms with Crippen molar-refractivity contribution >= 4 is 17.3 Å². The molecule has 1 amide bonds. The molecule has 0 aliphatic carbocycles. The highest BCUT2D eigenvalue weighted by Gasteiger charge is 2.08. The lowest BCUT2D eigenvalue weighted by atomic mass is 10.1. The van der Waals surface area contributed by atoms with E-state index >= 15 is 0 Å². The van der Waals surface area contributed by atoms with Gasteiger partial charge in [0.2, 0.25) is 0 Å². The number of hydrogen-bond acceptors (Lipinski definition) is 3. The molecule has 0 spiro atoms. The Balaban J connectivity index is 1.70. The predicted molar refractivity (Wildman–Crippen MR) is 101 cm³/mol. The summed E-state index contributed by atoms with van der Waals surface area (Å²) in [6, 6.07) is 19.6. The predicted octanol–water partition coefficient (Wildman–Crippen LogP) is 4.37. The first kappa shape index (κ1) is 16.7. The van der Waals surface area contributed by atoms with E-state index in [9.17, 15) is 4.79 Å². The van der Waals surface area contributed by atoms with Crippen molar-refractivity contribution in [1.29, 1.82) is 0 Å². The standard InChI is InChI=1S/C21H21N3O/c1-15-7-6-10-19(16(15)2)24-18-11-12-22-20(13-18)21(25)23-14-17-8-4-3-5-9-17/h3-13H,14H2,1-2H3,(H,22,24)(H,23,25). The van der Waals surface area contributed by atoms with Crippen molar-refractivity contribution in [2.24, 2.45) is 0 Å². The zero-order chi connectivity index (χ0) is 17.6. The summed E-state index contributed by atoms with van der Waals surface area (Å²) < 4.78 is 0. The number of nitrogens with zero attached hydrogens (tertiary/aromatic N) is 1. The van der Waals surface area contributed by atoms with Gasteiger partial charge in [-0.2, -0.15) is 0 Å². The zero-order valence-electron chi connectivity index (χ0n) is 14.4. The largest absolute Gasteiger partial charge is 0.355 e. The van der Waals surface area contributed by atoms with Gasteiger partial charge in [-0.05, 0) is 48.7 Å². The molecule has 0 fully saturated rings. The lowest BCUT2D eigenvalue weighted by Gasteiger charge is -2.12. The SMILES string of the molecule is Cc1cccc(Nc2ccnc(C(=O)NCc3ccccc3)c2)c1C. The summed E-state index contributed by atoms with van der Waals surface area (Å²) in [5.74, 6) is -0.187. The average Bonchev–Trinajstić information content (AvgIpc) is 2.64. The molecule has 0 saturated heterocycles. The molecular weight excluding hydrogens is 310 g/mol. The lowest BCUT2D eigenvalue weighted by molar-refractivity contribution is 0.0946. The molecule has 126 valence electrons. The zero-order valence-corrected chi connectivity index (χ0v) is 14.4. The molecule has 0 aliphatic heterocycles. The van der Waals surface area contributed by atoms with Crippen molar-refractivity contribution in [2.45, 2.75) is 20.4 Å². The van der Waals surface area contributed by atoms with Crippen LogP contribution in [-0.4, -0.2) is 10.9 Å². The molecule has 2 N–H and O–H groups in total. The first-order valence-electron chi connectivity index (χ1n) is 8.25. The Kier molecular flexibility index (Phi) is 5.09. The monoisotopic (exact) mass is 331 g/mol. The third-order valence-electron chi connectivity index (χ3n) is 4.17. The van der Waals surface area contributed by atoms with E-state index in [-0.39, 0.29) is 5.91 Å². The summed E-state index contributed by atoms with van der Waals surface area (Å²) in [5.41, 5.74) is 5.73. The number of amides is 1. The van der Waals surface area contributed by atoms with Gasteiger partial charge in [0.25, 0.3) is 5.91 Å².